The molecular weight excluding hydrogens is 280 g/mol. The second-order valence-electron chi connectivity index (χ2n) is 6.14. The topological polar surface area (TPSA) is 64.2 Å². The third-order valence-corrected chi connectivity index (χ3v) is 4.37. The van der Waals surface area contributed by atoms with Crippen molar-refractivity contribution in [2.45, 2.75) is 32.1 Å². The van der Waals surface area contributed by atoms with Gasteiger partial charge in [-0.05, 0) is 49.3 Å². The predicted molar refractivity (Wildman–Crippen MR) is 83.5 cm³/mol. The lowest BCUT2D eigenvalue weighted by Crippen LogP contribution is -2.21. The van der Waals surface area contributed by atoms with E-state index < -0.39 is 5.97 Å². The number of carboxylic acids is 1. The van der Waals surface area contributed by atoms with Crippen LogP contribution in [0.15, 0.2) is 35.3 Å². The van der Waals surface area contributed by atoms with E-state index in [4.69, 9.17) is 5.11 Å². The van der Waals surface area contributed by atoms with Gasteiger partial charge in [0.2, 0.25) is 0 Å². The molecule has 1 aromatic carbocycles. The number of benzene rings is 1. The number of carbonyl (C=O) groups is 1. The zero-order valence-corrected chi connectivity index (χ0v) is 12.8. The minimum atomic E-state index is -0.768. The molecule has 1 aliphatic rings. The molecule has 5 heteroatoms. The molecule has 1 N–H and O–H groups in total. The number of hydrogen-bond acceptors (Lipinski definition) is 2. The Labute approximate surface area is 128 Å². The molecular formula is C17H20N2O3. The Kier molecular flexibility index (Phi) is 3.64. The molecule has 5 nitrogen and oxygen atoms in total. The Balaban J connectivity index is 2.02. The summed E-state index contributed by atoms with van der Waals surface area (Å²) in [6, 6.07) is 7.72. The second-order valence-corrected chi connectivity index (χ2v) is 6.14. The highest BCUT2D eigenvalue weighted by atomic mass is 16.4. The molecule has 0 bridgehead atoms. The molecule has 1 fully saturated rings. The first-order chi connectivity index (χ1) is 10.5. The number of rotatable bonds is 5. The molecule has 0 radical (unpaired) electrons. The lowest BCUT2D eigenvalue weighted by Gasteiger charge is -2.16. The van der Waals surface area contributed by atoms with Crippen LogP contribution in [0.2, 0.25) is 0 Å². The zero-order chi connectivity index (χ0) is 15.9. The van der Waals surface area contributed by atoms with Crippen LogP contribution < -0.4 is 5.69 Å². The highest BCUT2D eigenvalue weighted by Gasteiger charge is 2.33. The summed E-state index contributed by atoms with van der Waals surface area (Å²) < 4.78 is 3.21. The van der Waals surface area contributed by atoms with Crippen molar-refractivity contribution in [3.63, 3.8) is 0 Å². The highest BCUT2D eigenvalue weighted by Crippen LogP contribution is 2.44. The quantitative estimate of drug-likeness (QED) is 0.922. The van der Waals surface area contributed by atoms with Crippen LogP contribution in [0, 0.1) is 12.8 Å². The maximum atomic E-state index is 12.2. The van der Waals surface area contributed by atoms with E-state index in [9.17, 15) is 9.59 Å². The summed E-state index contributed by atoms with van der Waals surface area (Å²) in [5.41, 5.74) is 2.59. The first-order valence-corrected chi connectivity index (χ1v) is 7.54. The van der Waals surface area contributed by atoms with Crippen molar-refractivity contribution in [3.05, 3.63) is 52.2 Å². The van der Waals surface area contributed by atoms with Gasteiger partial charge in [-0.2, -0.15) is 0 Å². The molecule has 3 rings (SSSR count). The van der Waals surface area contributed by atoms with Crippen molar-refractivity contribution in [1.82, 2.24) is 9.13 Å². The van der Waals surface area contributed by atoms with Gasteiger partial charge >= 0.3 is 11.7 Å². The van der Waals surface area contributed by atoms with Gasteiger partial charge in [0.15, 0.2) is 0 Å². The number of aryl methyl sites for hydroxylation is 2. The maximum absolute atomic E-state index is 12.2. The van der Waals surface area contributed by atoms with E-state index >= 15 is 0 Å². The van der Waals surface area contributed by atoms with Crippen LogP contribution in [-0.4, -0.2) is 20.2 Å². The Morgan fingerprint density at radius 1 is 1.41 bits per heavy atom. The zero-order valence-electron chi connectivity index (χ0n) is 12.8. The van der Waals surface area contributed by atoms with E-state index in [0.717, 1.165) is 29.8 Å². The van der Waals surface area contributed by atoms with Crippen molar-refractivity contribution in [1.29, 1.82) is 0 Å². The minimum absolute atomic E-state index is 0.0390. The first-order valence-electron chi connectivity index (χ1n) is 7.54. The van der Waals surface area contributed by atoms with Gasteiger partial charge in [-0.1, -0.05) is 12.1 Å². The van der Waals surface area contributed by atoms with Gasteiger partial charge in [0.25, 0.3) is 0 Å². The number of aromatic nitrogens is 2. The second kappa shape index (κ2) is 5.48. The monoisotopic (exact) mass is 300 g/mol. The van der Waals surface area contributed by atoms with Crippen molar-refractivity contribution in [2.75, 3.05) is 0 Å². The van der Waals surface area contributed by atoms with E-state index in [1.165, 1.54) is 0 Å². The van der Waals surface area contributed by atoms with E-state index in [1.54, 1.807) is 22.4 Å². The van der Waals surface area contributed by atoms with Crippen LogP contribution in [-0.2, 0) is 11.8 Å². The van der Waals surface area contributed by atoms with Crippen molar-refractivity contribution in [3.8, 4) is 5.69 Å². The smallest absolute Gasteiger partial charge is 0.332 e. The molecule has 1 unspecified atom stereocenters. The largest absolute Gasteiger partial charge is 0.481 e. The lowest BCUT2D eigenvalue weighted by atomic mass is 9.91. The predicted octanol–water partition coefficient (Wildman–Crippen LogP) is 2.45. The van der Waals surface area contributed by atoms with E-state index in [2.05, 4.69) is 0 Å². The molecule has 0 saturated heterocycles. The molecule has 1 heterocycles. The van der Waals surface area contributed by atoms with Gasteiger partial charge in [0.1, 0.15) is 0 Å². The van der Waals surface area contributed by atoms with Crippen LogP contribution >= 0.6 is 0 Å². The van der Waals surface area contributed by atoms with E-state index in [-0.39, 0.29) is 18.0 Å². The van der Waals surface area contributed by atoms with Gasteiger partial charge in [-0.25, -0.2) is 4.79 Å². The Morgan fingerprint density at radius 2 is 2.14 bits per heavy atom. The van der Waals surface area contributed by atoms with Crippen molar-refractivity contribution >= 4 is 5.97 Å². The van der Waals surface area contributed by atoms with Crippen molar-refractivity contribution < 1.29 is 9.90 Å². The number of imidazole rings is 1. The fourth-order valence-corrected chi connectivity index (χ4v) is 3.15. The molecule has 22 heavy (non-hydrogen) atoms. The number of carboxylic acid groups (broad SMARTS) is 1. The van der Waals surface area contributed by atoms with E-state index in [0.29, 0.717) is 5.92 Å². The summed E-state index contributed by atoms with van der Waals surface area (Å²) >= 11 is 0. The van der Waals surface area contributed by atoms with Crippen LogP contribution in [0.3, 0.4) is 0 Å². The average Bonchev–Trinajstić information content (AvgIpc) is 3.25. The van der Waals surface area contributed by atoms with Crippen molar-refractivity contribution in [2.24, 2.45) is 13.0 Å². The normalized spacial score (nSPS) is 15.7. The molecule has 0 amide bonds. The Hall–Kier alpha value is -2.30. The molecule has 1 atom stereocenters. The fourth-order valence-electron chi connectivity index (χ4n) is 3.15. The molecule has 2 aromatic rings. The molecule has 116 valence electrons. The third kappa shape index (κ3) is 2.71. The van der Waals surface area contributed by atoms with Crippen LogP contribution in [0.25, 0.3) is 5.69 Å². The van der Waals surface area contributed by atoms with Gasteiger partial charge < -0.3 is 9.67 Å². The minimum Gasteiger partial charge on any atom is -0.481 e. The number of nitrogens with zero attached hydrogens (tertiary/aromatic N) is 2. The summed E-state index contributed by atoms with van der Waals surface area (Å²) in [5.74, 6) is -0.271. The first kappa shape index (κ1) is 14.6. The molecule has 1 saturated carbocycles. The summed E-state index contributed by atoms with van der Waals surface area (Å²) in [4.78, 5) is 23.4. The lowest BCUT2D eigenvalue weighted by molar-refractivity contribution is -0.137. The van der Waals surface area contributed by atoms with E-state index in [1.807, 2.05) is 31.2 Å². The number of aliphatic carboxylic acids is 1. The maximum Gasteiger partial charge on any atom is 0.332 e. The third-order valence-electron chi connectivity index (χ3n) is 4.37. The summed E-state index contributed by atoms with van der Waals surface area (Å²) in [7, 11) is 1.73. The van der Waals surface area contributed by atoms with Gasteiger partial charge in [-0.15, -0.1) is 0 Å². The van der Waals surface area contributed by atoms with Crippen LogP contribution in [0.5, 0.6) is 0 Å². The standard InChI is InChI=1S/C17H20N2O3/c1-11-10-18(2)17(22)19(11)14-5-3-4-13(8-14)15(9-16(20)21)12-6-7-12/h3-5,8,10,12,15H,6-7,9H2,1-2H3,(H,20,21). The van der Waals surface area contributed by atoms with Gasteiger partial charge in [0.05, 0.1) is 12.1 Å². The van der Waals surface area contributed by atoms with Crippen LogP contribution in [0.4, 0.5) is 0 Å². The molecule has 0 aliphatic heterocycles. The van der Waals surface area contributed by atoms with Gasteiger partial charge in [-0.3, -0.25) is 9.36 Å². The average molecular weight is 300 g/mol. The summed E-state index contributed by atoms with van der Waals surface area (Å²) in [6.45, 7) is 1.89. The SMILES string of the molecule is Cc1cn(C)c(=O)n1-c1cccc(C(CC(=O)O)C2CC2)c1. The summed E-state index contributed by atoms with van der Waals surface area (Å²) in [5, 5.41) is 9.14. The molecule has 1 aliphatic carbocycles. The van der Waals surface area contributed by atoms with Crippen LogP contribution in [0.1, 0.15) is 36.4 Å². The number of hydrogen-bond donors (Lipinski definition) is 1. The fraction of sp³-hybridized carbons (Fsp3) is 0.412. The summed E-state index contributed by atoms with van der Waals surface area (Å²) in [6.07, 6.45) is 4.13. The Morgan fingerprint density at radius 3 is 2.68 bits per heavy atom. The highest BCUT2D eigenvalue weighted by molar-refractivity contribution is 5.68. The van der Waals surface area contributed by atoms with Gasteiger partial charge in [0, 0.05) is 18.9 Å². The molecule has 1 aromatic heterocycles. The Bertz CT molecular complexity index is 768. The molecule has 0 spiro atoms.